The average Bonchev–Trinajstić information content (AvgIpc) is 3.26. The summed E-state index contributed by atoms with van der Waals surface area (Å²) in [5.74, 6) is -1.21. The Hall–Kier alpha value is -2.53. The molecule has 0 aromatic carbocycles. The number of nitrogens with one attached hydrogen (secondary N) is 1. The van der Waals surface area contributed by atoms with Crippen molar-refractivity contribution in [1.29, 1.82) is 0 Å². The zero-order chi connectivity index (χ0) is 25.0. The number of aryl methyl sites for hydroxylation is 1. The van der Waals surface area contributed by atoms with E-state index >= 15 is 0 Å². The first-order valence-corrected chi connectivity index (χ1v) is 12.2. The third kappa shape index (κ3) is 13.9. The van der Waals surface area contributed by atoms with E-state index in [1.165, 1.54) is 0 Å². The molecule has 0 saturated carbocycles. The Kier molecular flexibility index (Phi) is 16.4. The molecule has 1 unspecified atom stereocenters. The SMILES string of the molecule is CCOC(=O)C(CCCOC(=O)CCCCCO)Cc1cn(CCCCCC(=O)ONC)nn1. The number of rotatable bonds is 20. The zero-order valence-electron chi connectivity index (χ0n) is 20.5. The predicted molar refractivity (Wildman–Crippen MR) is 123 cm³/mol. The van der Waals surface area contributed by atoms with Gasteiger partial charge >= 0.3 is 17.9 Å². The molecule has 11 nitrogen and oxygen atoms in total. The van der Waals surface area contributed by atoms with Gasteiger partial charge in [-0.1, -0.05) is 18.1 Å². The number of aliphatic hydroxyl groups excluding tert-OH is 1. The van der Waals surface area contributed by atoms with E-state index < -0.39 is 0 Å². The molecule has 2 N–H and O–H groups in total. The van der Waals surface area contributed by atoms with Crippen LogP contribution in [0.5, 0.6) is 0 Å². The maximum Gasteiger partial charge on any atom is 0.324 e. The smallest absolute Gasteiger partial charge is 0.324 e. The minimum absolute atomic E-state index is 0.132. The lowest BCUT2D eigenvalue weighted by molar-refractivity contribution is -0.150. The van der Waals surface area contributed by atoms with E-state index in [-0.39, 0.29) is 37.0 Å². The summed E-state index contributed by atoms with van der Waals surface area (Å²) in [5, 5.41) is 17.1. The summed E-state index contributed by atoms with van der Waals surface area (Å²) in [6.07, 6.45) is 8.63. The molecule has 0 fully saturated rings. The predicted octanol–water partition coefficient (Wildman–Crippen LogP) is 2.11. The molecule has 1 heterocycles. The van der Waals surface area contributed by atoms with Gasteiger partial charge in [0.05, 0.1) is 24.8 Å². The summed E-state index contributed by atoms with van der Waals surface area (Å²) in [4.78, 5) is 40.1. The Morgan fingerprint density at radius 3 is 2.47 bits per heavy atom. The van der Waals surface area contributed by atoms with Gasteiger partial charge in [0.1, 0.15) is 0 Å². The highest BCUT2D eigenvalue weighted by atomic mass is 16.7. The fourth-order valence-corrected chi connectivity index (χ4v) is 3.39. The van der Waals surface area contributed by atoms with Gasteiger partial charge in [0.15, 0.2) is 0 Å². The second kappa shape index (κ2) is 18.8. The summed E-state index contributed by atoms with van der Waals surface area (Å²) in [6.45, 7) is 3.12. The van der Waals surface area contributed by atoms with Crippen molar-refractivity contribution < 1.29 is 33.8 Å². The minimum Gasteiger partial charge on any atom is -0.466 e. The van der Waals surface area contributed by atoms with Crippen molar-refractivity contribution in [2.45, 2.75) is 84.1 Å². The summed E-state index contributed by atoms with van der Waals surface area (Å²) in [7, 11) is 1.55. The Morgan fingerprint density at radius 2 is 1.76 bits per heavy atom. The van der Waals surface area contributed by atoms with Gasteiger partial charge in [-0.15, -0.1) is 5.10 Å². The Morgan fingerprint density at radius 1 is 1.03 bits per heavy atom. The molecule has 1 atom stereocenters. The van der Waals surface area contributed by atoms with Gasteiger partial charge in [-0.05, 0) is 45.4 Å². The van der Waals surface area contributed by atoms with Crippen LogP contribution in [0.3, 0.4) is 0 Å². The average molecular weight is 485 g/mol. The molecule has 0 radical (unpaired) electrons. The Balaban J connectivity index is 2.38. The molecule has 0 saturated heterocycles. The fraction of sp³-hybridized carbons (Fsp3) is 0.783. The minimum atomic E-state index is -0.383. The maximum atomic E-state index is 12.4. The summed E-state index contributed by atoms with van der Waals surface area (Å²) < 4.78 is 12.2. The fourth-order valence-electron chi connectivity index (χ4n) is 3.39. The second-order valence-corrected chi connectivity index (χ2v) is 8.01. The van der Waals surface area contributed by atoms with Crippen LogP contribution in [-0.4, -0.2) is 64.9 Å². The highest BCUT2D eigenvalue weighted by Gasteiger charge is 2.22. The first kappa shape index (κ1) is 29.5. The standard InChI is InChI=1S/C23H40N4O7/c1-3-32-23(31)19(11-10-16-33-21(29)12-7-5-9-15-28)17-20-18-27(26-25-20)14-8-4-6-13-22(30)34-24-2/h18-19,24,28H,3-17H2,1-2H3. The lowest BCUT2D eigenvalue weighted by Gasteiger charge is -2.14. The summed E-state index contributed by atoms with van der Waals surface area (Å²) in [6, 6.07) is 0. The van der Waals surface area contributed by atoms with Crippen molar-refractivity contribution in [2.24, 2.45) is 5.92 Å². The topological polar surface area (TPSA) is 142 Å². The quantitative estimate of drug-likeness (QED) is 0.122. The largest absolute Gasteiger partial charge is 0.466 e. The molecule has 0 bridgehead atoms. The van der Waals surface area contributed by atoms with Crippen LogP contribution in [0.4, 0.5) is 0 Å². The Labute approximate surface area is 201 Å². The van der Waals surface area contributed by atoms with Crippen LogP contribution in [0.25, 0.3) is 0 Å². The summed E-state index contributed by atoms with van der Waals surface area (Å²) >= 11 is 0. The highest BCUT2D eigenvalue weighted by Crippen LogP contribution is 2.16. The number of hydrogen-bond acceptors (Lipinski definition) is 10. The first-order chi connectivity index (χ1) is 16.5. The number of aliphatic hydroxyl groups is 1. The molecule has 194 valence electrons. The van der Waals surface area contributed by atoms with Crippen molar-refractivity contribution in [3.8, 4) is 0 Å². The molecule has 11 heteroatoms. The molecule has 0 aliphatic carbocycles. The molecular weight excluding hydrogens is 444 g/mol. The van der Waals surface area contributed by atoms with E-state index in [9.17, 15) is 14.4 Å². The van der Waals surface area contributed by atoms with Crippen LogP contribution in [0.1, 0.15) is 76.8 Å². The van der Waals surface area contributed by atoms with Crippen LogP contribution in [0.15, 0.2) is 6.20 Å². The van der Waals surface area contributed by atoms with Crippen LogP contribution >= 0.6 is 0 Å². The van der Waals surface area contributed by atoms with Gasteiger partial charge < -0.3 is 19.4 Å². The number of aromatic nitrogens is 3. The number of hydroxylamine groups is 1. The van der Waals surface area contributed by atoms with Crippen molar-refractivity contribution in [3.05, 3.63) is 11.9 Å². The van der Waals surface area contributed by atoms with Gasteiger partial charge in [-0.25, -0.2) is 0 Å². The molecule has 0 amide bonds. The number of carbonyl (C=O) groups excluding carboxylic acids is 3. The Bertz CT molecular complexity index is 711. The van der Waals surface area contributed by atoms with Gasteiger partial charge in [0, 0.05) is 45.7 Å². The number of nitrogens with zero attached hydrogens (tertiary/aromatic N) is 3. The van der Waals surface area contributed by atoms with Crippen molar-refractivity contribution in [1.82, 2.24) is 20.5 Å². The maximum absolute atomic E-state index is 12.4. The lowest BCUT2D eigenvalue weighted by atomic mass is 9.98. The molecule has 1 aromatic heterocycles. The molecule has 1 aromatic rings. The number of carbonyl (C=O) groups is 3. The van der Waals surface area contributed by atoms with Gasteiger partial charge in [-0.3, -0.25) is 19.1 Å². The van der Waals surface area contributed by atoms with Gasteiger partial charge in [-0.2, -0.15) is 5.48 Å². The summed E-state index contributed by atoms with van der Waals surface area (Å²) in [5.41, 5.74) is 3.07. The molecule has 0 spiro atoms. The van der Waals surface area contributed by atoms with E-state index in [0.717, 1.165) is 25.7 Å². The third-order valence-corrected chi connectivity index (χ3v) is 5.14. The van der Waals surface area contributed by atoms with Crippen molar-refractivity contribution >= 4 is 17.9 Å². The molecule has 1 rings (SSSR count). The highest BCUT2D eigenvalue weighted by molar-refractivity contribution is 5.72. The first-order valence-electron chi connectivity index (χ1n) is 12.2. The normalized spacial score (nSPS) is 11.7. The van der Waals surface area contributed by atoms with E-state index in [4.69, 9.17) is 14.6 Å². The van der Waals surface area contributed by atoms with Crippen LogP contribution < -0.4 is 5.48 Å². The van der Waals surface area contributed by atoms with E-state index in [1.807, 2.05) is 6.20 Å². The third-order valence-electron chi connectivity index (χ3n) is 5.14. The van der Waals surface area contributed by atoms with Crippen molar-refractivity contribution in [3.63, 3.8) is 0 Å². The molecule has 0 aliphatic rings. The van der Waals surface area contributed by atoms with E-state index in [0.29, 0.717) is 63.8 Å². The van der Waals surface area contributed by atoms with E-state index in [2.05, 4.69) is 20.6 Å². The molecule has 0 aliphatic heterocycles. The number of esters is 2. The van der Waals surface area contributed by atoms with Crippen LogP contribution in [-0.2, 0) is 41.7 Å². The molecular formula is C23H40N4O7. The van der Waals surface area contributed by atoms with Gasteiger partial charge in [0.2, 0.25) is 0 Å². The molecule has 34 heavy (non-hydrogen) atoms. The van der Waals surface area contributed by atoms with Crippen molar-refractivity contribution in [2.75, 3.05) is 26.9 Å². The van der Waals surface area contributed by atoms with Crippen LogP contribution in [0, 0.1) is 5.92 Å². The number of unbranched alkanes of at least 4 members (excludes halogenated alkanes) is 4. The van der Waals surface area contributed by atoms with E-state index in [1.54, 1.807) is 18.7 Å². The van der Waals surface area contributed by atoms with Crippen LogP contribution in [0.2, 0.25) is 0 Å². The second-order valence-electron chi connectivity index (χ2n) is 8.01. The van der Waals surface area contributed by atoms with Gasteiger partial charge in [0.25, 0.3) is 0 Å². The lowest BCUT2D eigenvalue weighted by Crippen LogP contribution is -2.21. The monoisotopic (exact) mass is 484 g/mol. The zero-order valence-corrected chi connectivity index (χ0v) is 20.5. The number of hydrogen-bond donors (Lipinski definition) is 2. The number of ether oxygens (including phenoxy) is 2.